The number of pyridine rings is 2. The summed E-state index contributed by atoms with van der Waals surface area (Å²) in [5.74, 6) is 2.60. The summed E-state index contributed by atoms with van der Waals surface area (Å²) in [5.41, 5.74) is 1.76. The number of amides is 1. The van der Waals surface area contributed by atoms with Gasteiger partial charge in [0.25, 0.3) is 0 Å². The van der Waals surface area contributed by atoms with Gasteiger partial charge in [0.15, 0.2) is 5.82 Å². The van der Waals surface area contributed by atoms with E-state index in [0.717, 1.165) is 0 Å². The third-order valence-corrected chi connectivity index (χ3v) is 6.27. The molecule has 10 heteroatoms. The van der Waals surface area contributed by atoms with Crippen LogP contribution in [0.25, 0.3) is 10.8 Å². The molecule has 164 valence electrons. The van der Waals surface area contributed by atoms with Gasteiger partial charge in [0, 0.05) is 29.1 Å². The molecule has 0 unspecified atom stereocenters. The number of nitrogens with one attached hydrogen (secondary N) is 1. The predicted molar refractivity (Wildman–Crippen MR) is 126 cm³/mol. The van der Waals surface area contributed by atoms with E-state index >= 15 is 0 Å². The number of rotatable bonds is 2. The molecule has 0 bridgehead atoms. The number of carbonyl (C=O) groups excluding carboxylic acids is 1. The largest absolute Gasteiger partial charge is 0.378 e. The van der Waals surface area contributed by atoms with Gasteiger partial charge in [0.1, 0.15) is 34.9 Å². The average Bonchev–Trinajstić information content (AvgIpc) is 3.14. The number of aliphatic imine (C=N–C) groups is 1. The zero-order chi connectivity index (χ0) is 22.7. The van der Waals surface area contributed by atoms with Gasteiger partial charge in [-0.1, -0.05) is 17.7 Å². The van der Waals surface area contributed by atoms with Crippen LogP contribution in [0.5, 0.6) is 0 Å². The van der Waals surface area contributed by atoms with Crippen LogP contribution in [0.1, 0.15) is 18.1 Å². The number of hydrogen-bond donors (Lipinski definition) is 1. The first kappa shape index (κ1) is 19.9. The van der Waals surface area contributed by atoms with E-state index in [4.69, 9.17) is 26.3 Å². The van der Waals surface area contributed by atoms with Crippen molar-refractivity contribution in [1.82, 2.24) is 9.97 Å². The predicted octanol–water partition coefficient (Wildman–Crippen LogP) is 3.69. The van der Waals surface area contributed by atoms with Gasteiger partial charge >= 0.3 is 0 Å². The number of morpholine rings is 1. The molecule has 0 radical (unpaired) electrons. The fourth-order valence-electron chi connectivity index (χ4n) is 4.65. The summed E-state index contributed by atoms with van der Waals surface area (Å²) >= 11 is 6.20. The SMILES string of the molecule is CC1=Nc2nc(N3CCOCC3)c(C#N)c3c4c(nc(c23)N1)N(c1cccc(Cl)c1)C(=O)C4. The lowest BCUT2D eigenvalue weighted by atomic mass is 9.99. The van der Waals surface area contributed by atoms with E-state index in [1.165, 1.54) is 0 Å². The average molecular weight is 460 g/mol. The van der Waals surface area contributed by atoms with Crippen molar-refractivity contribution in [3.05, 3.63) is 40.4 Å². The van der Waals surface area contributed by atoms with E-state index in [-0.39, 0.29) is 12.3 Å². The summed E-state index contributed by atoms with van der Waals surface area (Å²) in [6, 6.07) is 9.46. The van der Waals surface area contributed by atoms with Crippen molar-refractivity contribution in [3.8, 4) is 6.07 Å². The summed E-state index contributed by atoms with van der Waals surface area (Å²) in [4.78, 5) is 31.0. The second-order valence-corrected chi connectivity index (χ2v) is 8.50. The fourth-order valence-corrected chi connectivity index (χ4v) is 4.83. The smallest absolute Gasteiger partial charge is 0.237 e. The lowest BCUT2D eigenvalue weighted by Crippen LogP contribution is -2.37. The minimum absolute atomic E-state index is 0.120. The van der Waals surface area contributed by atoms with Gasteiger partial charge in [0.05, 0.1) is 30.7 Å². The minimum Gasteiger partial charge on any atom is -0.378 e. The molecule has 1 saturated heterocycles. The van der Waals surface area contributed by atoms with Gasteiger partial charge < -0.3 is 15.0 Å². The van der Waals surface area contributed by atoms with E-state index in [1.807, 2.05) is 17.9 Å². The maximum absolute atomic E-state index is 13.2. The first-order valence-corrected chi connectivity index (χ1v) is 11.0. The van der Waals surface area contributed by atoms with E-state index in [9.17, 15) is 10.1 Å². The highest BCUT2D eigenvalue weighted by Crippen LogP contribution is 2.47. The Morgan fingerprint density at radius 3 is 2.76 bits per heavy atom. The molecule has 1 N–H and O–H groups in total. The van der Waals surface area contributed by atoms with E-state index in [1.54, 1.807) is 23.1 Å². The number of aromatic nitrogens is 2. The second kappa shape index (κ2) is 7.40. The molecular formula is C23H18ClN7O2. The Balaban J connectivity index is 1.67. The zero-order valence-electron chi connectivity index (χ0n) is 17.7. The Labute approximate surface area is 194 Å². The molecule has 3 aromatic rings. The molecular weight excluding hydrogens is 442 g/mol. The molecule has 33 heavy (non-hydrogen) atoms. The highest BCUT2D eigenvalue weighted by molar-refractivity contribution is 6.31. The molecule has 3 aliphatic heterocycles. The summed E-state index contributed by atoms with van der Waals surface area (Å²) in [7, 11) is 0. The van der Waals surface area contributed by atoms with Gasteiger partial charge in [-0.25, -0.2) is 15.0 Å². The monoisotopic (exact) mass is 459 g/mol. The molecule has 9 nitrogen and oxygen atoms in total. The zero-order valence-corrected chi connectivity index (χ0v) is 18.5. The summed E-state index contributed by atoms with van der Waals surface area (Å²) in [5, 5.41) is 15.3. The highest BCUT2D eigenvalue weighted by atomic mass is 35.5. The van der Waals surface area contributed by atoms with E-state index < -0.39 is 0 Å². The van der Waals surface area contributed by atoms with Crippen LogP contribution in [0.4, 0.5) is 29.0 Å². The maximum atomic E-state index is 13.2. The Kier molecular flexibility index (Phi) is 4.47. The number of fused-ring (bicyclic) bond motifs is 2. The van der Waals surface area contributed by atoms with Crippen molar-refractivity contribution >= 4 is 63.1 Å². The second-order valence-electron chi connectivity index (χ2n) is 8.07. The van der Waals surface area contributed by atoms with Crippen LogP contribution in [0.15, 0.2) is 29.3 Å². The third-order valence-electron chi connectivity index (χ3n) is 6.04. The topological polar surface area (TPSA) is 107 Å². The Morgan fingerprint density at radius 2 is 2.00 bits per heavy atom. The van der Waals surface area contributed by atoms with Crippen molar-refractivity contribution in [2.75, 3.05) is 41.4 Å². The van der Waals surface area contributed by atoms with E-state index in [2.05, 4.69) is 16.4 Å². The molecule has 0 aliphatic carbocycles. The van der Waals surface area contributed by atoms with Crippen LogP contribution in [0.3, 0.4) is 0 Å². The number of amidine groups is 1. The third kappa shape index (κ3) is 3.03. The molecule has 3 aliphatic rings. The Bertz CT molecular complexity index is 1420. The molecule has 6 rings (SSSR count). The first-order valence-electron chi connectivity index (χ1n) is 10.6. The first-order chi connectivity index (χ1) is 16.0. The lowest BCUT2D eigenvalue weighted by Gasteiger charge is -2.30. The number of ether oxygens (including phenoxy) is 1. The van der Waals surface area contributed by atoms with Crippen LogP contribution in [0, 0.1) is 11.3 Å². The Hall–Kier alpha value is -3.74. The van der Waals surface area contributed by atoms with E-state index in [0.29, 0.717) is 88.0 Å². The molecule has 1 aromatic carbocycles. The van der Waals surface area contributed by atoms with Gasteiger partial charge in [-0.2, -0.15) is 5.26 Å². The number of anilines is 4. The quantitative estimate of drug-likeness (QED) is 0.622. The molecule has 2 aromatic heterocycles. The summed E-state index contributed by atoms with van der Waals surface area (Å²) < 4.78 is 5.48. The van der Waals surface area contributed by atoms with Gasteiger partial charge in [-0.15, -0.1) is 0 Å². The van der Waals surface area contributed by atoms with Crippen LogP contribution < -0.4 is 15.1 Å². The van der Waals surface area contributed by atoms with Crippen molar-refractivity contribution in [3.63, 3.8) is 0 Å². The van der Waals surface area contributed by atoms with Crippen LogP contribution in [-0.2, 0) is 16.0 Å². The number of halogens is 1. The number of benzene rings is 1. The minimum atomic E-state index is -0.134. The van der Waals surface area contributed by atoms with Crippen LogP contribution in [0.2, 0.25) is 5.02 Å². The normalized spacial score (nSPS) is 17.0. The highest BCUT2D eigenvalue weighted by Gasteiger charge is 2.36. The number of hydrogen-bond acceptors (Lipinski definition) is 8. The number of nitriles is 1. The van der Waals surface area contributed by atoms with Crippen molar-refractivity contribution < 1.29 is 9.53 Å². The van der Waals surface area contributed by atoms with Gasteiger partial charge in [-0.3, -0.25) is 9.69 Å². The maximum Gasteiger partial charge on any atom is 0.237 e. The summed E-state index contributed by atoms with van der Waals surface area (Å²) in [6.45, 7) is 4.20. The molecule has 0 atom stereocenters. The number of nitrogens with zero attached hydrogens (tertiary/aromatic N) is 6. The molecule has 1 fully saturated rings. The lowest BCUT2D eigenvalue weighted by molar-refractivity contribution is -0.116. The summed E-state index contributed by atoms with van der Waals surface area (Å²) in [6.07, 6.45) is 0.120. The fraction of sp³-hybridized carbons (Fsp3) is 0.261. The van der Waals surface area contributed by atoms with Crippen LogP contribution >= 0.6 is 11.6 Å². The molecule has 0 saturated carbocycles. The van der Waals surface area contributed by atoms with Crippen molar-refractivity contribution in [2.24, 2.45) is 4.99 Å². The van der Waals surface area contributed by atoms with Gasteiger partial charge in [0.2, 0.25) is 5.91 Å². The number of carbonyl (C=O) groups is 1. The van der Waals surface area contributed by atoms with Crippen molar-refractivity contribution in [1.29, 1.82) is 5.26 Å². The Morgan fingerprint density at radius 1 is 1.18 bits per heavy atom. The van der Waals surface area contributed by atoms with Gasteiger partial charge in [-0.05, 0) is 25.1 Å². The molecule has 1 amide bonds. The standard InChI is InChI=1S/C23H18ClN7O2/c1-12-26-20-19-18(16(11-25)22(28-20)30-5-7-33-8-6-30)15-10-17(32)31(23(15)29-21(19)27-12)14-4-2-3-13(24)9-14/h2-4,9H,5-8,10H2,1H3,(H,26,27,28,29). The van der Waals surface area contributed by atoms with Crippen LogP contribution in [-0.4, -0.2) is 48.0 Å². The molecule has 0 spiro atoms. The molecule has 5 heterocycles. The van der Waals surface area contributed by atoms with Crippen molar-refractivity contribution in [2.45, 2.75) is 13.3 Å².